The first-order chi connectivity index (χ1) is 13.4. The highest BCUT2D eigenvalue weighted by molar-refractivity contribution is 7.99. The fourth-order valence-electron chi connectivity index (χ4n) is 2.29. The molecule has 5 nitrogen and oxygen atoms in total. The maximum absolute atomic E-state index is 12.6. The largest absolute Gasteiger partial charge is 0.457 e. The zero-order valence-corrected chi connectivity index (χ0v) is 15.9. The van der Waals surface area contributed by atoms with Crippen molar-refractivity contribution in [3.05, 3.63) is 70.4 Å². The van der Waals surface area contributed by atoms with Crippen molar-refractivity contribution in [3.8, 4) is 11.5 Å². The van der Waals surface area contributed by atoms with Crippen molar-refractivity contribution in [2.24, 2.45) is 5.73 Å². The normalized spacial score (nSPS) is 10.7. The second kappa shape index (κ2) is 8.85. The Bertz CT molecular complexity index is 991. The number of carbonyl (C=O) groups is 2. The van der Waals surface area contributed by atoms with Gasteiger partial charge in [0.1, 0.15) is 16.4 Å². The first-order valence-corrected chi connectivity index (χ1v) is 9.70. The molecule has 2 aromatic carbocycles. The Kier molecular flexibility index (Phi) is 6.27. The molecule has 0 aliphatic rings. The third-order valence-electron chi connectivity index (χ3n) is 3.52. The molecule has 144 valence electrons. The number of primary amides is 1. The molecule has 9 heteroatoms. The van der Waals surface area contributed by atoms with E-state index in [1.165, 1.54) is 12.1 Å². The molecule has 3 N–H and O–H groups in total. The molecular formula is C19H14F2N2O3S2. The van der Waals surface area contributed by atoms with Crippen LogP contribution in [0.25, 0.3) is 0 Å². The number of rotatable bonds is 7. The number of hydrogen-bond acceptors (Lipinski definition) is 5. The van der Waals surface area contributed by atoms with Crippen LogP contribution in [0.2, 0.25) is 0 Å². The van der Waals surface area contributed by atoms with Gasteiger partial charge in [0.05, 0.1) is 0 Å². The number of benzene rings is 2. The van der Waals surface area contributed by atoms with Gasteiger partial charge in [-0.15, -0.1) is 11.3 Å². The summed E-state index contributed by atoms with van der Waals surface area (Å²) in [4.78, 5) is 24.0. The molecule has 0 unspecified atom stereocenters. The fourth-order valence-corrected chi connectivity index (χ4v) is 3.89. The van der Waals surface area contributed by atoms with Gasteiger partial charge in [-0.3, -0.25) is 9.59 Å². The van der Waals surface area contributed by atoms with Gasteiger partial charge in [0.2, 0.25) is 5.91 Å². The van der Waals surface area contributed by atoms with Crippen LogP contribution in [0.15, 0.2) is 64.9 Å². The van der Waals surface area contributed by atoms with Gasteiger partial charge in [-0.1, -0.05) is 17.8 Å². The number of nitrogens with two attached hydrogens (primary N) is 1. The zero-order valence-electron chi connectivity index (χ0n) is 14.2. The number of hydrogen-bond donors (Lipinski definition) is 2. The minimum Gasteiger partial charge on any atom is -0.457 e. The van der Waals surface area contributed by atoms with Crippen molar-refractivity contribution in [1.82, 2.24) is 0 Å². The first-order valence-electron chi connectivity index (χ1n) is 7.94. The van der Waals surface area contributed by atoms with E-state index in [1.54, 1.807) is 47.8 Å². The number of halogens is 2. The predicted octanol–water partition coefficient (Wildman–Crippen LogP) is 5.21. The van der Waals surface area contributed by atoms with E-state index < -0.39 is 17.6 Å². The minimum atomic E-state index is -2.59. The molecule has 0 aliphatic heterocycles. The molecular weight excluding hydrogens is 406 g/mol. The van der Waals surface area contributed by atoms with E-state index in [2.05, 4.69) is 5.32 Å². The molecule has 0 spiro atoms. The average Bonchev–Trinajstić information content (AvgIpc) is 3.11. The molecule has 28 heavy (non-hydrogen) atoms. The van der Waals surface area contributed by atoms with Crippen molar-refractivity contribution in [1.29, 1.82) is 0 Å². The molecule has 2 amide bonds. The van der Waals surface area contributed by atoms with E-state index in [9.17, 15) is 18.4 Å². The Morgan fingerprint density at radius 1 is 1.07 bits per heavy atom. The number of thiophene rings is 1. The summed E-state index contributed by atoms with van der Waals surface area (Å²) in [5.74, 6) is -2.67. The van der Waals surface area contributed by atoms with Crippen molar-refractivity contribution < 1.29 is 23.1 Å². The summed E-state index contributed by atoms with van der Waals surface area (Å²) in [7, 11) is 0. The summed E-state index contributed by atoms with van der Waals surface area (Å²) >= 11 is 1.44. The summed E-state index contributed by atoms with van der Waals surface area (Å²) < 4.78 is 30.8. The van der Waals surface area contributed by atoms with Gasteiger partial charge >= 0.3 is 0 Å². The molecule has 0 fully saturated rings. The lowest BCUT2D eigenvalue weighted by Crippen LogP contribution is -2.11. The summed E-state index contributed by atoms with van der Waals surface area (Å²) in [6, 6.07) is 14.5. The van der Waals surface area contributed by atoms with Crippen LogP contribution in [0.1, 0.15) is 20.0 Å². The second-order valence-electron chi connectivity index (χ2n) is 5.47. The van der Waals surface area contributed by atoms with E-state index >= 15 is 0 Å². The average molecular weight is 420 g/mol. The number of ether oxygens (including phenoxy) is 1. The van der Waals surface area contributed by atoms with Gasteiger partial charge in [-0.2, -0.15) is 8.78 Å². The predicted molar refractivity (Wildman–Crippen MR) is 106 cm³/mol. The van der Waals surface area contributed by atoms with Gasteiger partial charge in [0.25, 0.3) is 11.7 Å². The van der Waals surface area contributed by atoms with Crippen LogP contribution in [0.3, 0.4) is 0 Å². The third-order valence-corrected chi connectivity index (χ3v) is 5.33. The molecule has 1 aromatic heterocycles. The molecule has 1 heterocycles. The number of thioether (sulfide) groups is 1. The Labute approximate surface area is 167 Å². The van der Waals surface area contributed by atoms with Crippen LogP contribution in [0.4, 0.5) is 14.5 Å². The summed E-state index contributed by atoms with van der Waals surface area (Å²) in [5, 5.41) is 4.26. The SMILES string of the molecule is NC(=O)c1cccc(Oc2ccc(NC(=O)c3sccc3SC(F)F)cc2)c1. The molecule has 0 bridgehead atoms. The number of anilines is 1. The smallest absolute Gasteiger partial charge is 0.288 e. The van der Waals surface area contributed by atoms with Gasteiger partial charge in [-0.05, 0) is 53.9 Å². The lowest BCUT2D eigenvalue weighted by atomic mass is 10.2. The van der Waals surface area contributed by atoms with Crippen molar-refractivity contribution in [2.45, 2.75) is 10.7 Å². The molecule has 0 saturated carbocycles. The highest BCUT2D eigenvalue weighted by Gasteiger charge is 2.17. The summed E-state index contributed by atoms with van der Waals surface area (Å²) in [5.41, 5.74) is 6.06. The van der Waals surface area contributed by atoms with E-state index in [0.29, 0.717) is 34.5 Å². The van der Waals surface area contributed by atoms with Crippen molar-refractivity contribution in [2.75, 3.05) is 5.32 Å². The maximum Gasteiger partial charge on any atom is 0.288 e. The molecule has 3 rings (SSSR count). The summed E-state index contributed by atoms with van der Waals surface area (Å²) in [6.45, 7) is 0. The number of alkyl halides is 2. The monoisotopic (exact) mass is 420 g/mol. The van der Waals surface area contributed by atoms with Crippen LogP contribution < -0.4 is 15.8 Å². The van der Waals surface area contributed by atoms with E-state index in [0.717, 1.165) is 11.3 Å². The zero-order chi connectivity index (χ0) is 20.1. The molecule has 0 saturated heterocycles. The van der Waals surface area contributed by atoms with Crippen LogP contribution in [0, 0.1) is 0 Å². The quantitative estimate of drug-likeness (QED) is 0.515. The maximum atomic E-state index is 12.6. The van der Waals surface area contributed by atoms with Gasteiger partial charge in [0, 0.05) is 16.1 Å². The Hall–Kier alpha value is -2.91. The van der Waals surface area contributed by atoms with E-state index in [1.807, 2.05) is 0 Å². The van der Waals surface area contributed by atoms with Crippen LogP contribution in [-0.4, -0.2) is 17.6 Å². The highest BCUT2D eigenvalue weighted by atomic mass is 32.2. The third kappa shape index (κ3) is 5.08. The standard InChI is InChI=1S/C19H14F2N2O3S2/c20-19(21)28-15-8-9-27-16(15)18(25)23-12-4-6-13(7-5-12)26-14-3-1-2-11(10-14)17(22)24/h1-10,19H,(H2,22,24)(H,23,25). The molecule has 0 atom stereocenters. The van der Waals surface area contributed by atoms with Gasteiger partial charge in [-0.25, -0.2) is 0 Å². The molecule has 0 radical (unpaired) electrons. The Morgan fingerprint density at radius 2 is 1.82 bits per heavy atom. The number of nitrogens with one attached hydrogen (secondary N) is 1. The van der Waals surface area contributed by atoms with Crippen LogP contribution in [0.5, 0.6) is 11.5 Å². The first kappa shape index (κ1) is 19.8. The Morgan fingerprint density at radius 3 is 2.50 bits per heavy atom. The van der Waals surface area contributed by atoms with Crippen LogP contribution >= 0.6 is 23.1 Å². The lowest BCUT2D eigenvalue weighted by molar-refractivity contribution is 0.0997. The second-order valence-corrected chi connectivity index (χ2v) is 7.41. The molecule has 0 aliphatic carbocycles. The topological polar surface area (TPSA) is 81.4 Å². The van der Waals surface area contributed by atoms with E-state index in [4.69, 9.17) is 10.5 Å². The van der Waals surface area contributed by atoms with Crippen molar-refractivity contribution in [3.63, 3.8) is 0 Å². The summed E-state index contributed by atoms with van der Waals surface area (Å²) in [6.07, 6.45) is 0. The van der Waals surface area contributed by atoms with Gasteiger partial charge < -0.3 is 15.8 Å². The number of amides is 2. The van der Waals surface area contributed by atoms with Gasteiger partial charge in [0.15, 0.2) is 0 Å². The van der Waals surface area contributed by atoms with Crippen molar-refractivity contribution >= 4 is 40.6 Å². The number of carbonyl (C=O) groups excluding carboxylic acids is 2. The minimum absolute atomic E-state index is 0.230. The fraction of sp³-hybridized carbons (Fsp3) is 0.0526. The van der Waals surface area contributed by atoms with Crippen LogP contribution in [-0.2, 0) is 0 Å². The van der Waals surface area contributed by atoms with E-state index in [-0.39, 0.29) is 9.77 Å². The molecule has 3 aromatic rings. The Balaban J connectivity index is 1.66. The lowest BCUT2D eigenvalue weighted by Gasteiger charge is -2.09. The highest BCUT2D eigenvalue weighted by Crippen LogP contribution is 2.32.